The number of carbonyl (C=O) groups excluding carboxylic acids is 2. The number of fused-ring (bicyclic) bond motifs is 1. The van der Waals surface area contributed by atoms with Crippen LogP contribution in [0.1, 0.15) is 42.6 Å². The Kier molecular flexibility index (Phi) is 5.79. The fourth-order valence-corrected chi connectivity index (χ4v) is 3.31. The van der Waals surface area contributed by atoms with Crippen LogP contribution in [-0.4, -0.2) is 30.5 Å². The Bertz CT molecular complexity index is 830. The van der Waals surface area contributed by atoms with Crippen molar-refractivity contribution in [3.05, 3.63) is 59.7 Å². The van der Waals surface area contributed by atoms with E-state index >= 15 is 0 Å². The summed E-state index contributed by atoms with van der Waals surface area (Å²) < 4.78 is 5.92. The summed E-state index contributed by atoms with van der Waals surface area (Å²) in [5.41, 5.74) is 2.23. The van der Waals surface area contributed by atoms with E-state index in [0.717, 1.165) is 18.4 Å². The third-order valence-corrected chi connectivity index (χ3v) is 5.02. The highest BCUT2D eigenvalue weighted by Gasteiger charge is 2.34. The summed E-state index contributed by atoms with van der Waals surface area (Å²) in [6.45, 7) is 6.19. The SMILES string of the molecule is CCC(CC)NC(=O)C1CN(C(=O)c2ccccc2C)c2ccccc2O1. The zero-order valence-corrected chi connectivity index (χ0v) is 16.1. The van der Waals surface area contributed by atoms with E-state index in [2.05, 4.69) is 5.32 Å². The molecule has 0 saturated carbocycles. The number of rotatable bonds is 5. The van der Waals surface area contributed by atoms with Crippen molar-refractivity contribution < 1.29 is 14.3 Å². The standard InChI is InChI=1S/C22H26N2O3/c1-4-16(5-2)23-21(25)20-14-24(18-12-8-9-13-19(18)27-20)22(26)17-11-7-6-10-15(17)3/h6-13,16,20H,4-5,14H2,1-3H3,(H,23,25). The Morgan fingerprint density at radius 2 is 1.78 bits per heavy atom. The predicted octanol–water partition coefficient (Wildman–Crippen LogP) is 3.71. The van der Waals surface area contributed by atoms with Crippen LogP contribution in [0.25, 0.3) is 0 Å². The number of amides is 2. The van der Waals surface area contributed by atoms with Gasteiger partial charge in [-0.3, -0.25) is 9.59 Å². The highest BCUT2D eigenvalue weighted by atomic mass is 16.5. The smallest absolute Gasteiger partial charge is 0.263 e. The molecule has 0 bridgehead atoms. The van der Waals surface area contributed by atoms with Gasteiger partial charge in [0.15, 0.2) is 6.10 Å². The number of para-hydroxylation sites is 2. The lowest BCUT2D eigenvalue weighted by atomic mass is 10.1. The molecule has 0 aromatic heterocycles. The Morgan fingerprint density at radius 1 is 1.11 bits per heavy atom. The van der Waals surface area contributed by atoms with Crippen molar-refractivity contribution in [2.24, 2.45) is 0 Å². The van der Waals surface area contributed by atoms with E-state index in [0.29, 0.717) is 17.0 Å². The first kappa shape index (κ1) is 19.0. The fraction of sp³-hybridized carbons (Fsp3) is 0.364. The summed E-state index contributed by atoms with van der Waals surface area (Å²) in [5.74, 6) is 0.250. The van der Waals surface area contributed by atoms with E-state index < -0.39 is 6.10 Å². The van der Waals surface area contributed by atoms with Crippen molar-refractivity contribution >= 4 is 17.5 Å². The molecule has 27 heavy (non-hydrogen) atoms. The Hall–Kier alpha value is -2.82. The molecule has 2 amide bonds. The zero-order chi connectivity index (χ0) is 19.4. The van der Waals surface area contributed by atoms with Crippen LogP contribution >= 0.6 is 0 Å². The highest BCUT2D eigenvalue weighted by Crippen LogP contribution is 2.34. The molecule has 1 unspecified atom stereocenters. The summed E-state index contributed by atoms with van der Waals surface area (Å²) in [4.78, 5) is 27.6. The summed E-state index contributed by atoms with van der Waals surface area (Å²) in [7, 11) is 0. The maximum Gasteiger partial charge on any atom is 0.263 e. The van der Waals surface area contributed by atoms with Crippen molar-refractivity contribution in [2.75, 3.05) is 11.4 Å². The van der Waals surface area contributed by atoms with Crippen molar-refractivity contribution in [2.45, 2.75) is 45.8 Å². The van der Waals surface area contributed by atoms with Gasteiger partial charge in [-0.25, -0.2) is 0 Å². The molecule has 5 nitrogen and oxygen atoms in total. The Labute approximate surface area is 160 Å². The third kappa shape index (κ3) is 3.97. The number of ether oxygens (including phenoxy) is 1. The van der Waals surface area contributed by atoms with Gasteiger partial charge < -0.3 is 15.0 Å². The molecule has 1 aliphatic heterocycles. The van der Waals surface area contributed by atoms with Gasteiger partial charge in [-0.1, -0.05) is 44.2 Å². The highest BCUT2D eigenvalue weighted by molar-refractivity contribution is 6.08. The number of hydrogen-bond donors (Lipinski definition) is 1. The summed E-state index contributed by atoms with van der Waals surface area (Å²) in [5, 5.41) is 3.03. The van der Waals surface area contributed by atoms with Crippen molar-refractivity contribution in [1.29, 1.82) is 0 Å². The van der Waals surface area contributed by atoms with Crippen LogP contribution in [0.15, 0.2) is 48.5 Å². The minimum atomic E-state index is -0.728. The topological polar surface area (TPSA) is 58.6 Å². The second kappa shape index (κ2) is 8.25. The molecule has 0 spiro atoms. The average molecular weight is 366 g/mol. The number of nitrogens with one attached hydrogen (secondary N) is 1. The molecule has 2 aromatic carbocycles. The van der Waals surface area contributed by atoms with Gasteiger partial charge in [-0.15, -0.1) is 0 Å². The minimum Gasteiger partial charge on any atom is -0.477 e. The van der Waals surface area contributed by atoms with Gasteiger partial charge in [0, 0.05) is 11.6 Å². The maximum atomic E-state index is 13.2. The molecule has 1 aliphatic rings. The van der Waals surface area contributed by atoms with E-state index in [1.807, 2.05) is 63.2 Å². The molecule has 0 aliphatic carbocycles. The second-order valence-electron chi connectivity index (χ2n) is 6.83. The van der Waals surface area contributed by atoms with E-state index in [-0.39, 0.29) is 24.4 Å². The molecule has 1 heterocycles. The number of nitrogens with zero attached hydrogens (tertiary/aromatic N) is 1. The lowest BCUT2D eigenvalue weighted by molar-refractivity contribution is -0.128. The van der Waals surface area contributed by atoms with Crippen LogP contribution in [0.3, 0.4) is 0 Å². The van der Waals surface area contributed by atoms with Crippen LogP contribution in [0.4, 0.5) is 5.69 Å². The molecule has 1 atom stereocenters. The van der Waals surface area contributed by atoms with Crippen molar-refractivity contribution in [3.63, 3.8) is 0 Å². The van der Waals surface area contributed by atoms with Gasteiger partial charge >= 0.3 is 0 Å². The predicted molar refractivity (Wildman–Crippen MR) is 106 cm³/mol. The zero-order valence-electron chi connectivity index (χ0n) is 16.1. The van der Waals surface area contributed by atoms with Crippen LogP contribution in [-0.2, 0) is 4.79 Å². The fourth-order valence-electron chi connectivity index (χ4n) is 3.31. The van der Waals surface area contributed by atoms with Gasteiger partial charge in [0.25, 0.3) is 11.8 Å². The minimum absolute atomic E-state index is 0.110. The van der Waals surface area contributed by atoms with Gasteiger partial charge in [0.05, 0.1) is 12.2 Å². The number of carbonyl (C=O) groups is 2. The van der Waals surface area contributed by atoms with Crippen molar-refractivity contribution in [3.8, 4) is 5.75 Å². The maximum absolute atomic E-state index is 13.2. The average Bonchev–Trinajstić information content (AvgIpc) is 2.70. The molecule has 0 saturated heterocycles. The molecule has 2 aromatic rings. The van der Waals surface area contributed by atoms with Gasteiger partial charge in [-0.2, -0.15) is 0 Å². The number of hydrogen-bond acceptors (Lipinski definition) is 3. The lowest BCUT2D eigenvalue weighted by Gasteiger charge is -2.35. The molecule has 5 heteroatoms. The second-order valence-corrected chi connectivity index (χ2v) is 6.83. The van der Waals surface area contributed by atoms with E-state index in [4.69, 9.17) is 4.74 Å². The third-order valence-electron chi connectivity index (χ3n) is 5.02. The molecule has 1 N–H and O–H groups in total. The van der Waals surface area contributed by atoms with Crippen LogP contribution in [0.5, 0.6) is 5.75 Å². The molecule has 142 valence electrons. The Morgan fingerprint density at radius 3 is 2.48 bits per heavy atom. The Balaban J connectivity index is 1.90. The number of benzene rings is 2. The molecule has 0 fully saturated rings. The van der Waals surface area contributed by atoms with E-state index in [9.17, 15) is 9.59 Å². The quantitative estimate of drug-likeness (QED) is 0.878. The first-order valence-electron chi connectivity index (χ1n) is 9.48. The first-order valence-corrected chi connectivity index (χ1v) is 9.48. The largest absolute Gasteiger partial charge is 0.477 e. The van der Waals surface area contributed by atoms with Crippen molar-refractivity contribution in [1.82, 2.24) is 5.32 Å². The van der Waals surface area contributed by atoms with Crippen LogP contribution < -0.4 is 15.0 Å². The normalized spacial score (nSPS) is 15.9. The van der Waals surface area contributed by atoms with Crippen LogP contribution in [0, 0.1) is 6.92 Å². The number of anilines is 1. The van der Waals surface area contributed by atoms with Gasteiger partial charge in [-0.05, 0) is 43.5 Å². The summed E-state index contributed by atoms with van der Waals surface area (Å²) >= 11 is 0. The van der Waals surface area contributed by atoms with Gasteiger partial charge in [0.2, 0.25) is 0 Å². The number of aryl methyl sites for hydroxylation is 1. The van der Waals surface area contributed by atoms with E-state index in [1.54, 1.807) is 11.0 Å². The molecular weight excluding hydrogens is 340 g/mol. The van der Waals surface area contributed by atoms with Gasteiger partial charge in [0.1, 0.15) is 5.75 Å². The van der Waals surface area contributed by atoms with E-state index in [1.165, 1.54) is 0 Å². The lowest BCUT2D eigenvalue weighted by Crippen LogP contribution is -2.52. The molecule has 0 radical (unpaired) electrons. The monoisotopic (exact) mass is 366 g/mol. The summed E-state index contributed by atoms with van der Waals surface area (Å²) in [6, 6.07) is 15.0. The molecular formula is C22H26N2O3. The first-order chi connectivity index (χ1) is 13.0. The summed E-state index contributed by atoms with van der Waals surface area (Å²) in [6.07, 6.45) is 0.989. The molecule has 3 rings (SSSR count). The van der Waals surface area contributed by atoms with Crippen LogP contribution in [0.2, 0.25) is 0 Å².